The fraction of sp³-hybridized carbons (Fsp3) is 0.538. The number of hydrogen-bond donors (Lipinski definition) is 2. The Morgan fingerprint density at radius 1 is 1.45 bits per heavy atom. The first-order valence-electron chi connectivity index (χ1n) is 6.74. The van der Waals surface area contributed by atoms with Crippen molar-refractivity contribution in [1.29, 1.82) is 0 Å². The van der Waals surface area contributed by atoms with Crippen molar-refractivity contribution in [2.75, 3.05) is 12.3 Å². The zero-order valence-electron chi connectivity index (χ0n) is 12.6. The number of halogens is 1. The number of rotatable bonds is 3. The molecule has 0 saturated carbocycles. The quantitative estimate of drug-likeness (QED) is 0.849. The van der Waals surface area contributed by atoms with E-state index >= 15 is 0 Å². The van der Waals surface area contributed by atoms with Gasteiger partial charge in [0.1, 0.15) is 10.7 Å². The van der Waals surface area contributed by atoms with Crippen LogP contribution in [0.25, 0.3) is 0 Å². The maximum atomic E-state index is 12.4. The minimum absolute atomic E-state index is 0.0857. The lowest BCUT2D eigenvalue weighted by molar-refractivity contribution is -0.131. The number of carbonyl (C=O) groups excluding carboxylic acids is 1. The number of carbonyl (C=O) groups is 1. The highest BCUT2D eigenvalue weighted by atomic mass is 35.5. The summed E-state index contributed by atoms with van der Waals surface area (Å²) in [4.78, 5) is 17.2. The van der Waals surface area contributed by atoms with Crippen molar-refractivity contribution in [2.45, 2.75) is 43.7 Å². The molecule has 1 aliphatic rings. The van der Waals surface area contributed by atoms with Gasteiger partial charge in [0.05, 0.1) is 5.02 Å². The van der Waals surface area contributed by atoms with Gasteiger partial charge in [-0.3, -0.25) is 4.79 Å². The van der Waals surface area contributed by atoms with E-state index in [1.807, 2.05) is 20.8 Å². The van der Waals surface area contributed by atoms with E-state index in [0.29, 0.717) is 6.54 Å². The molecule has 0 bridgehead atoms. The van der Waals surface area contributed by atoms with Crippen molar-refractivity contribution in [3.63, 3.8) is 0 Å². The largest absolute Gasteiger partial charge is 0.383 e. The van der Waals surface area contributed by atoms with E-state index in [1.165, 1.54) is 12.3 Å². The zero-order chi connectivity index (χ0) is 16.7. The van der Waals surface area contributed by atoms with Crippen molar-refractivity contribution in [1.82, 2.24) is 14.6 Å². The Hall–Kier alpha value is -1.38. The van der Waals surface area contributed by atoms with Crippen molar-refractivity contribution in [2.24, 2.45) is 0 Å². The lowest BCUT2D eigenvalue weighted by Gasteiger charge is -2.32. The molecule has 1 aromatic rings. The molecule has 0 spiro atoms. The first kappa shape index (κ1) is 17.0. The first-order valence-corrected chi connectivity index (χ1v) is 8.60. The molecule has 1 unspecified atom stereocenters. The Morgan fingerprint density at radius 3 is 2.64 bits per heavy atom. The minimum atomic E-state index is -3.89. The summed E-state index contributed by atoms with van der Waals surface area (Å²) < 4.78 is 27.3. The fourth-order valence-corrected chi connectivity index (χ4v) is 3.92. The van der Waals surface area contributed by atoms with E-state index in [4.69, 9.17) is 17.3 Å². The molecule has 3 N–H and O–H groups in total. The van der Waals surface area contributed by atoms with Crippen LogP contribution in [-0.2, 0) is 14.8 Å². The maximum absolute atomic E-state index is 12.4. The van der Waals surface area contributed by atoms with Gasteiger partial charge in [0.15, 0.2) is 0 Å². The van der Waals surface area contributed by atoms with Gasteiger partial charge in [0.25, 0.3) is 0 Å². The average molecular weight is 347 g/mol. The summed E-state index contributed by atoms with van der Waals surface area (Å²) in [6, 6.07) is 0.736. The van der Waals surface area contributed by atoms with E-state index in [-0.39, 0.29) is 33.6 Å². The van der Waals surface area contributed by atoms with Crippen LogP contribution in [0.5, 0.6) is 0 Å². The molecule has 1 fully saturated rings. The van der Waals surface area contributed by atoms with Crippen LogP contribution in [0, 0.1) is 0 Å². The predicted octanol–water partition coefficient (Wildman–Crippen LogP) is 0.995. The van der Waals surface area contributed by atoms with Crippen LogP contribution in [0.15, 0.2) is 17.2 Å². The molecule has 2 heterocycles. The molecule has 2 rings (SSSR count). The van der Waals surface area contributed by atoms with Crippen LogP contribution in [0.2, 0.25) is 5.02 Å². The Labute approximate surface area is 134 Å². The number of pyridine rings is 1. The van der Waals surface area contributed by atoms with Crippen molar-refractivity contribution >= 4 is 33.3 Å². The average Bonchev–Trinajstić information content (AvgIpc) is 2.72. The number of aromatic nitrogens is 1. The number of nitrogens with one attached hydrogen (secondary N) is 1. The summed E-state index contributed by atoms with van der Waals surface area (Å²) in [7, 11) is -3.89. The molecule has 0 aliphatic carbocycles. The Bertz CT molecular complexity index is 700. The third-order valence-electron chi connectivity index (χ3n) is 3.39. The second kappa shape index (κ2) is 5.68. The van der Waals surface area contributed by atoms with Gasteiger partial charge in [-0.25, -0.2) is 18.1 Å². The minimum Gasteiger partial charge on any atom is -0.383 e. The van der Waals surface area contributed by atoms with Crippen LogP contribution in [0.3, 0.4) is 0 Å². The summed E-state index contributed by atoms with van der Waals surface area (Å²) in [6.07, 6.45) is 1.39. The van der Waals surface area contributed by atoms with Gasteiger partial charge in [-0.15, -0.1) is 0 Å². The molecule has 0 aromatic carbocycles. The molecule has 9 heteroatoms. The van der Waals surface area contributed by atoms with E-state index in [0.717, 1.165) is 0 Å². The molecular weight excluding hydrogens is 328 g/mol. The smallest absolute Gasteiger partial charge is 0.244 e. The molecular formula is C13H19ClN4O3S. The Kier molecular flexibility index (Phi) is 4.38. The van der Waals surface area contributed by atoms with Gasteiger partial charge in [0.2, 0.25) is 15.9 Å². The van der Waals surface area contributed by atoms with E-state index < -0.39 is 16.1 Å². The number of hydrogen-bond acceptors (Lipinski definition) is 5. The Balaban J connectivity index is 2.20. The number of likely N-dealkylation sites (tertiary alicyclic amines) is 1. The molecule has 22 heavy (non-hydrogen) atoms. The highest BCUT2D eigenvalue weighted by Gasteiger charge is 2.38. The fourth-order valence-electron chi connectivity index (χ4n) is 2.36. The molecule has 1 aromatic heterocycles. The molecule has 1 saturated heterocycles. The van der Waals surface area contributed by atoms with Crippen LogP contribution < -0.4 is 10.5 Å². The van der Waals surface area contributed by atoms with Gasteiger partial charge < -0.3 is 10.6 Å². The molecule has 122 valence electrons. The molecule has 7 nitrogen and oxygen atoms in total. The predicted molar refractivity (Wildman–Crippen MR) is 83.9 cm³/mol. The van der Waals surface area contributed by atoms with Crippen LogP contribution in [0.4, 0.5) is 5.82 Å². The topological polar surface area (TPSA) is 105 Å². The van der Waals surface area contributed by atoms with Gasteiger partial charge in [0, 0.05) is 30.7 Å². The van der Waals surface area contributed by atoms with Gasteiger partial charge in [-0.05, 0) is 26.8 Å². The highest BCUT2D eigenvalue weighted by molar-refractivity contribution is 7.89. The second-order valence-electron chi connectivity index (χ2n) is 6.23. The van der Waals surface area contributed by atoms with Crippen LogP contribution >= 0.6 is 11.6 Å². The second-order valence-corrected chi connectivity index (χ2v) is 8.35. The summed E-state index contributed by atoms with van der Waals surface area (Å²) in [6.45, 7) is 6.03. The third kappa shape index (κ3) is 3.50. The number of anilines is 1. The van der Waals surface area contributed by atoms with Gasteiger partial charge >= 0.3 is 0 Å². The van der Waals surface area contributed by atoms with Gasteiger partial charge in [-0.1, -0.05) is 11.6 Å². The number of nitrogen functional groups attached to an aromatic ring is 1. The van der Waals surface area contributed by atoms with Crippen LogP contribution in [-0.4, -0.2) is 42.3 Å². The number of nitrogens with zero attached hydrogens (tertiary/aromatic N) is 2. The first-order chi connectivity index (χ1) is 10.0. The van der Waals surface area contributed by atoms with E-state index in [2.05, 4.69) is 9.71 Å². The number of nitrogens with two attached hydrogens (primary N) is 1. The number of sulfonamides is 1. The maximum Gasteiger partial charge on any atom is 0.244 e. The molecule has 1 atom stereocenters. The standard InChI is InChI=1S/C13H19ClN4O3S/c1-13(2,3)18-7-9(5-11(18)19)17-22(20,21)10-4-8(14)6-16-12(10)15/h4,6,9,17H,5,7H2,1-3H3,(H2,15,16). The normalized spacial score (nSPS) is 19.7. The van der Waals surface area contributed by atoms with Crippen molar-refractivity contribution < 1.29 is 13.2 Å². The monoisotopic (exact) mass is 346 g/mol. The summed E-state index contributed by atoms with van der Waals surface area (Å²) in [5.74, 6) is -0.216. The lowest BCUT2D eigenvalue weighted by Crippen LogP contribution is -2.44. The summed E-state index contributed by atoms with van der Waals surface area (Å²) in [5.41, 5.74) is 5.25. The number of amides is 1. The van der Waals surface area contributed by atoms with E-state index in [1.54, 1.807) is 4.90 Å². The summed E-state index contributed by atoms with van der Waals surface area (Å²) in [5, 5.41) is 0.174. The summed E-state index contributed by atoms with van der Waals surface area (Å²) >= 11 is 5.77. The third-order valence-corrected chi connectivity index (χ3v) is 5.15. The Morgan fingerprint density at radius 2 is 2.09 bits per heavy atom. The molecule has 0 radical (unpaired) electrons. The SMILES string of the molecule is CC(C)(C)N1CC(NS(=O)(=O)c2cc(Cl)cnc2N)CC1=O. The molecule has 1 aliphatic heterocycles. The van der Waals surface area contributed by atoms with E-state index in [9.17, 15) is 13.2 Å². The zero-order valence-corrected chi connectivity index (χ0v) is 14.2. The van der Waals surface area contributed by atoms with Crippen molar-refractivity contribution in [3.8, 4) is 0 Å². The lowest BCUT2D eigenvalue weighted by atomic mass is 10.1. The molecule has 1 amide bonds. The van der Waals surface area contributed by atoms with Crippen LogP contribution in [0.1, 0.15) is 27.2 Å². The van der Waals surface area contributed by atoms with Gasteiger partial charge in [-0.2, -0.15) is 0 Å². The van der Waals surface area contributed by atoms with Crippen molar-refractivity contribution in [3.05, 3.63) is 17.3 Å². The highest BCUT2D eigenvalue weighted by Crippen LogP contribution is 2.25.